The number of hydrogen-bond donors (Lipinski definition) is 2. The number of nitrogens with one attached hydrogen (secondary N) is 2. The maximum Gasteiger partial charge on any atom is 0.191 e. The van der Waals surface area contributed by atoms with Crippen LogP contribution >= 0.6 is 17.0 Å². The summed E-state index contributed by atoms with van der Waals surface area (Å²) >= 11 is 0. The smallest absolute Gasteiger partial charge is 0.191 e. The molecular weight excluding hydrogens is 273 g/mol. The minimum absolute atomic E-state index is 0. The first-order valence-electron chi connectivity index (χ1n) is 5.12. The van der Waals surface area contributed by atoms with E-state index in [1.807, 2.05) is 6.07 Å². The van der Waals surface area contributed by atoms with Gasteiger partial charge < -0.3 is 10.6 Å². The van der Waals surface area contributed by atoms with Crippen LogP contribution in [0.25, 0.3) is 0 Å². The van der Waals surface area contributed by atoms with E-state index in [0.29, 0.717) is 12.1 Å². The largest absolute Gasteiger partial charge is 0.356 e. The molecule has 0 bridgehead atoms. The summed E-state index contributed by atoms with van der Waals surface area (Å²) in [5, 5.41) is 6.20. The van der Waals surface area contributed by atoms with Gasteiger partial charge in [0.25, 0.3) is 0 Å². The van der Waals surface area contributed by atoms with Crippen LogP contribution in [0.2, 0.25) is 0 Å². The average Bonchev–Trinajstić information content (AvgIpc) is 2.29. The van der Waals surface area contributed by atoms with Gasteiger partial charge in [-0.05, 0) is 12.5 Å². The molecule has 0 fully saturated rings. The van der Waals surface area contributed by atoms with E-state index in [1.54, 1.807) is 12.1 Å². The van der Waals surface area contributed by atoms with Gasteiger partial charge in [-0.3, -0.25) is 4.99 Å². The molecule has 0 amide bonds. The van der Waals surface area contributed by atoms with Crippen molar-refractivity contribution >= 4 is 22.9 Å². The maximum atomic E-state index is 13.2. The Balaban J connectivity index is 0.00000128. The van der Waals surface area contributed by atoms with Crippen LogP contribution in [0, 0.1) is 5.82 Å². The normalized spacial score (nSPS) is 14.4. The second-order valence-corrected chi connectivity index (χ2v) is 3.46. The van der Waals surface area contributed by atoms with E-state index in [4.69, 9.17) is 0 Å². The average molecular weight is 288 g/mol. The lowest BCUT2D eigenvalue weighted by Gasteiger charge is -2.16. The van der Waals surface area contributed by atoms with Crippen LogP contribution in [-0.4, -0.2) is 19.0 Å². The van der Waals surface area contributed by atoms with Crippen molar-refractivity contribution in [3.05, 3.63) is 35.6 Å². The molecule has 1 heterocycles. The van der Waals surface area contributed by atoms with Gasteiger partial charge in [0.15, 0.2) is 5.96 Å². The lowest BCUT2D eigenvalue weighted by atomic mass is 10.2. The highest BCUT2D eigenvalue weighted by atomic mass is 79.9. The summed E-state index contributed by atoms with van der Waals surface area (Å²) in [5.41, 5.74) is 0.660. The highest BCUT2D eigenvalue weighted by Gasteiger charge is 2.04. The quantitative estimate of drug-likeness (QED) is 0.871. The van der Waals surface area contributed by atoms with E-state index in [1.165, 1.54) is 6.07 Å². The van der Waals surface area contributed by atoms with Crippen LogP contribution in [-0.2, 0) is 6.54 Å². The SMILES string of the molecule is Br.Fc1ccccc1CNC1=NCCCN1. The van der Waals surface area contributed by atoms with Crippen molar-refractivity contribution in [1.29, 1.82) is 0 Å². The summed E-state index contributed by atoms with van der Waals surface area (Å²) in [6.07, 6.45) is 1.06. The van der Waals surface area contributed by atoms with Crippen molar-refractivity contribution in [3.63, 3.8) is 0 Å². The van der Waals surface area contributed by atoms with Gasteiger partial charge in [0, 0.05) is 25.2 Å². The predicted molar refractivity (Wildman–Crippen MR) is 68.5 cm³/mol. The van der Waals surface area contributed by atoms with Gasteiger partial charge in [0.05, 0.1) is 0 Å². The molecule has 1 aromatic carbocycles. The van der Waals surface area contributed by atoms with Crippen molar-refractivity contribution in [3.8, 4) is 0 Å². The third-order valence-corrected chi connectivity index (χ3v) is 2.30. The molecule has 0 unspecified atom stereocenters. The number of guanidine groups is 1. The van der Waals surface area contributed by atoms with Gasteiger partial charge in [-0.2, -0.15) is 0 Å². The van der Waals surface area contributed by atoms with Gasteiger partial charge in [0.1, 0.15) is 5.82 Å². The number of nitrogens with zero attached hydrogens (tertiary/aromatic N) is 1. The molecule has 1 aliphatic heterocycles. The Hall–Kier alpha value is -1.10. The molecule has 0 spiro atoms. The molecule has 1 aliphatic rings. The molecule has 0 radical (unpaired) electrons. The summed E-state index contributed by atoms with van der Waals surface area (Å²) in [4.78, 5) is 4.25. The summed E-state index contributed by atoms with van der Waals surface area (Å²) in [6, 6.07) is 6.75. The Morgan fingerprint density at radius 1 is 1.38 bits per heavy atom. The second-order valence-electron chi connectivity index (χ2n) is 3.46. The molecule has 0 aromatic heterocycles. The van der Waals surface area contributed by atoms with Gasteiger partial charge in [-0.1, -0.05) is 18.2 Å². The number of rotatable bonds is 2. The number of hydrogen-bond acceptors (Lipinski definition) is 3. The van der Waals surface area contributed by atoms with Crippen LogP contribution < -0.4 is 10.6 Å². The van der Waals surface area contributed by atoms with Crippen molar-refractivity contribution in [2.75, 3.05) is 13.1 Å². The van der Waals surface area contributed by atoms with Crippen LogP contribution in [0.5, 0.6) is 0 Å². The van der Waals surface area contributed by atoms with Crippen LogP contribution in [0.3, 0.4) is 0 Å². The van der Waals surface area contributed by atoms with E-state index in [0.717, 1.165) is 25.5 Å². The van der Waals surface area contributed by atoms with Crippen LogP contribution in [0.15, 0.2) is 29.3 Å². The van der Waals surface area contributed by atoms with E-state index in [-0.39, 0.29) is 22.8 Å². The molecular formula is C11H15BrFN3. The topological polar surface area (TPSA) is 36.4 Å². The van der Waals surface area contributed by atoms with Gasteiger partial charge in [-0.25, -0.2) is 4.39 Å². The number of halogens is 2. The number of aliphatic imine (C=N–C) groups is 1. The summed E-state index contributed by atoms with van der Waals surface area (Å²) < 4.78 is 13.2. The third-order valence-electron chi connectivity index (χ3n) is 2.30. The zero-order valence-corrected chi connectivity index (χ0v) is 10.6. The first-order chi connectivity index (χ1) is 7.36. The van der Waals surface area contributed by atoms with Crippen LogP contribution in [0.1, 0.15) is 12.0 Å². The predicted octanol–water partition coefficient (Wildman–Crippen LogP) is 1.84. The fourth-order valence-corrected chi connectivity index (χ4v) is 1.47. The molecule has 5 heteroatoms. The Morgan fingerprint density at radius 2 is 2.19 bits per heavy atom. The maximum absolute atomic E-state index is 13.2. The molecule has 3 nitrogen and oxygen atoms in total. The van der Waals surface area contributed by atoms with E-state index in [2.05, 4.69) is 15.6 Å². The first-order valence-corrected chi connectivity index (χ1v) is 5.12. The monoisotopic (exact) mass is 287 g/mol. The molecule has 2 rings (SSSR count). The molecule has 0 saturated heterocycles. The molecule has 88 valence electrons. The van der Waals surface area contributed by atoms with Crippen LogP contribution in [0.4, 0.5) is 4.39 Å². The zero-order chi connectivity index (χ0) is 10.5. The standard InChI is InChI=1S/C11H14FN3.BrH/c12-10-5-2-1-4-9(10)8-15-11-13-6-3-7-14-11;/h1-2,4-5H,3,6-8H2,(H2,13,14,15);1H. The fourth-order valence-electron chi connectivity index (χ4n) is 1.47. The van der Waals surface area contributed by atoms with Crippen molar-refractivity contribution < 1.29 is 4.39 Å². The Kier molecular flexibility index (Phi) is 5.25. The van der Waals surface area contributed by atoms with Gasteiger partial charge in [0.2, 0.25) is 0 Å². The molecule has 0 aliphatic carbocycles. The van der Waals surface area contributed by atoms with E-state index >= 15 is 0 Å². The molecule has 0 saturated carbocycles. The van der Waals surface area contributed by atoms with Gasteiger partial charge in [-0.15, -0.1) is 17.0 Å². The fraction of sp³-hybridized carbons (Fsp3) is 0.364. The summed E-state index contributed by atoms with van der Waals surface area (Å²) in [5.74, 6) is 0.589. The first kappa shape index (κ1) is 13.0. The summed E-state index contributed by atoms with van der Waals surface area (Å²) in [6.45, 7) is 2.24. The number of benzene rings is 1. The molecule has 16 heavy (non-hydrogen) atoms. The van der Waals surface area contributed by atoms with Crippen molar-refractivity contribution in [2.45, 2.75) is 13.0 Å². The Bertz CT molecular complexity index is 368. The highest BCUT2D eigenvalue weighted by molar-refractivity contribution is 8.93. The Labute approximate surface area is 105 Å². The lowest BCUT2D eigenvalue weighted by molar-refractivity contribution is 0.603. The minimum atomic E-state index is -0.179. The molecule has 0 atom stereocenters. The summed E-state index contributed by atoms with van der Waals surface area (Å²) in [7, 11) is 0. The minimum Gasteiger partial charge on any atom is -0.356 e. The van der Waals surface area contributed by atoms with Gasteiger partial charge >= 0.3 is 0 Å². The van der Waals surface area contributed by atoms with Crippen molar-refractivity contribution in [1.82, 2.24) is 10.6 Å². The van der Waals surface area contributed by atoms with E-state index < -0.39 is 0 Å². The second kappa shape index (κ2) is 6.48. The lowest BCUT2D eigenvalue weighted by Crippen LogP contribution is -2.40. The van der Waals surface area contributed by atoms with Crippen molar-refractivity contribution in [2.24, 2.45) is 4.99 Å². The third kappa shape index (κ3) is 3.48. The molecule has 1 aromatic rings. The highest BCUT2D eigenvalue weighted by Crippen LogP contribution is 2.05. The zero-order valence-electron chi connectivity index (χ0n) is 8.87. The molecule has 2 N–H and O–H groups in total. The van der Waals surface area contributed by atoms with E-state index in [9.17, 15) is 4.39 Å². The Morgan fingerprint density at radius 3 is 2.88 bits per heavy atom.